The van der Waals surface area contributed by atoms with E-state index in [0.717, 1.165) is 12.8 Å². The van der Waals surface area contributed by atoms with Crippen molar-refractivity contribution in [1.29, 1.82) is 0 Å². The molecule has 0 radical (unpaired) electrons. The van der Waals surface area contributed by atoms with Crippen molar-refractivity contribution in [3.05, 3.63) is 0 Å². The molecular formula is C10H21NO2S. The Morgan fingerprint density at radius 2 is 2.07 bits per heavy atom. The van der Waals surface area contributed by atoms with Crippen molar-refractivity contribution in [1.82, 2.24) is 0 Å². The van der Waals surface area contributed by atoms with E-state index in [1.165, 1.54) is 19.1 Å². The standard InChI is InChI=1S/C10H21NO2S/c1-8-4-3-5-9(6-8)10(11)7-14(2,12)13/h8-10H,3-7,11H2,1-2H3. The van der Waals surface area contributed by atoms with E-state index < -0.39 is 9.84 Å². The zero-order chi connectivity index (χ0) is 10.8. The van der Waals surface area contributed by atoms with E-state index >= 15 is 0 Å². The molecule has 14 heavy (non-hydrogen) atoms. The van der Waals surface area contributed by atoms with Crippen molar-refractivity contribution in [3.63, 3.8) is 0 Å². The Morgan fingerprint density at radius 1 is 1.43 bits per heavy atom. The first-order valence-electron chi connectivity index (χ1n) is 5.32. The molecule has 4 heteroatoms. The SMILES string of the molecule is CC1CCCC(C(N)CS(C)(=O)=O)C1. The normalized spacial score (nSPS) is 31.4. The molecule has 1 aliphatic rings. The quantitative estimate of drug-likeness (QED) is 0.775. The highest BCUT2D eigenvalue weighted by atomic mass is 32.2. The molecule has 0 bridgehead atoms. The van der Waals surface area contributed by atoms with Crippen LogP contribution in [0.5, 0.6) is 0 Å². The highest BCUT2D eigenvalue weighted by Gasteiger charge is 2.26. The van der Waals surface area contributed by atoms with Gasteiger partial charge in [0.2, 0.25) is 0 Å². The summed E-state index contributed by atoms with van der Waals surface area (Å²) in [5.41, 5.74) is 5.92. The van der Waals surface area contributed by atoms with E-state index in [9.17, 15) is 8.42 Å². The molecule has 84 valence electrons. The summed E-state index contributed by atoms with van der Waals surface area (Å²) < 4.78 is 22.2. The molecule has 0 amide bonds. The van der Waals surface area contributed by atoms with Crippen molar-refractivity contribution < 1.29 is 8.42 Å². The van der Waals surface area contributed by atoms with Gasteiger partial charge in [-0.15, -0.1) is 0 Å². The van der Waals surface area contributed by atoms with Crippen LogP contribution >= 0.6 is 0 Å². The minimum absolute atomic E-state index is 0.143. The number of hydrogen-bond donors (Lipinski definition) is 1. The van der Waals surface area contributed by atoms with Crippen molar-refractivity contribution in [3.8, 4) is 0 Å². The van der Waals surface area contributed by atoms with Crippen LogP contribution in [0, 0.1) is 11.8 Å². The zero-order valence-electron chi connectivity index (χ0n) is 9.07. The summed E-state index contributed by atoms with van der Waals surface area (Å²) in [5, 5.41) is 0. The smallest absolute Gasteiger partial charge is 0.148 e. The fourth-order valence-electron chi connectivity index (χ4n) is 2.36. The summed E-state index contributed by atoms with van der Waals surface area (Å²) in [6, 6.07) is -0.159. The minimum atomic E-state index is -2.92. The molecule has 3 nitrogen and oxygen atoms in total. The molecule has 0 spiro atoms. The maximum Gasteiger partial charge on any atom is 0.148 e. The lowest BCUT2D eigenvalue weighted by Gasteiger charge is -2.30. The zero-order valence-corrected chi connectivity index (χ0v) is 9.89. The largest absolute Gasteiger partial charge is 0.327 e. The Kier molecular flexibility index (Phi) is 3.95. The summed E-state index contributed by atoms with van der Waals surface area (Å²) in [6.45, 7) is 2.22. The second-order valence-corrected chi connectivity index (χ2v) is 6.97. The number of nitrogens with two attached hydrogens (primary N) is 1. The molecule has 1 rings (SSSR count). The van der Waals surface area contributed by atoms with Gasteiger partial charge >= 0.3 is 0 Å². The van der Waals surface area contributed by atoms with Gasteiger partial charge in [-0.25, -0.2) is 8.42 Å². The number of rotatable bonds is 3. The highest BCUT2D eigenvalue weighted by Crippen LogP contribution is 2.30. The molecule has 3 unspecified atom stereocenters. The van der Waals surface area contributed by atoms with Gasteiger partial charge in [-0.3, -0.25) is 0 Å². The number of sulfone groups is 1. The van der Waals surface area contributed by atoms with Gasteiger partial charge in [0.1, 0.15) is 9.84 Å². The molecule has 0 aromatic heterocycles. The predicted octanol–water partition coefficient (Wildman–Crippen LogP) is 1.18. The van der Waals surface area contributed by atoms with Crippen LogP contribution in [0.1, 0.15) is 32.6 Å². The lowest BCUT2D eigenvalue weighted by atomic mass is 9.79. The molecule has 0 aromatic rings. The third kappa shape index (κ3) is 3.96. The van der Waals surface area contributed by atoms with Gasteiger partial charge < -0.3 is 5.73 Å². The molecule has 0 saturated heterocycles. The molecule has 0 heterocycles. The Labute approximate surface area is 87.0 Å². The average molecular weight is 219 g/mol. The van der Waals surface area contributed by atoms with Gasteiger partial charge in [0, 0.05) is 12.3 Å². The Bertz CT molecular complexity index is 274. The lowest BCUT2D eigenvalue weighted by molar-refractivity contribution is 0.255. The van der Waals surface area contributed by atoms with Crippen LogP contribution in [0.25, 0.3) is 0 Å². The summed E-state index contributed by atoms with van der Waals surface area (Å²) in [5.74, 6) is 1.26. The molecule has 1 fully saturated rings. The third-order valence-corrected chi connectivity index (χ3v) is 4.07. The van der Waals surface area contributed by atoms with Crippen LogP contribution in [0.4, 0.5) is 0 Å². The summed E-state index contributed by atoms with van der Waals surface area (Å²) in [4.78, 5) is 0. The summed E-state index contributed by atoms with van der Waals surface area (Å²) in [7, 11) is -2.92. The Morgan fingerprint density at radius 3 is 2.57 bits per heavy atom. The lowest BCUT2D eigenvalue weighted by Crippen LogP contribution is -2.38. The number of hydrogen-bond acceptors (Lipinski definition) is 3. The van der Waals surface area contributed by atoms with Crippen LogP contribution < -0.4 is 5.73 Å². The Balaban J connectivity index is 2.47. The van der Waals surface area contributed by atoms with Gasteiger partial charge in [0.15, 0.2) is 0 Å². The van der Waals surface area contributed by atoms with Crippen LogP contribution in [0.2, 0.25) is 0 Å². The Hall–Kier alpha value is -0.0900. The third-order valence-electron chi connectivity index (χ3n) is 3.08. The van der Waals surface area contributed by atoms with Gasteiger partial charge in [0.05, 0.1) is 5.75 Å². The first-order chi connectivity index (χ1) is 6.38. The van der Waals surface area contributed by atoms with E-state index in [0.29, 0.717) is 11.8 Å². The average Bonchev–Trinajstić information content (AvgIpc) is 2.01. The fourth-order valence-corrected chi connectivity index (χ4v) is 3.33. The fraction of sp³-hybridized carbons (Fsp3) is 1.00. The highest BCUT2D eigenvalue weighted by molar-refractivity contribution is 7.90. The van der Waals surface area contributed by atoms with E-state index in [4.69, 9.17) is 5.73 Å². The minimum Gasteiger partial charge on any atom is -0.327 e. The van der Waals surface area contributed by atoms with Gasteiger partial charge in [-0.2, -0.15) is 0 Å². The monoisotopic (exact) mass is 219 g/mol. The first kappa shape index (κ1) is 12.0. The van der Waals surface area contributed by atoms with Crippen LogP contribution in [0.15, 0.2) is 0 Å². The van der Waals surface area contributed by atoms with Gasteiger partial charge in [0.25, 0.3) is 0 Å². The predicted molar refractivity (Wildman–Crippen MR) is 58.8 cm³/mol. The first-order valence-corrected chi connectivity index (χ1v) is 7.38. The molecule has 0 aromatic carbocycles. The summed E-state index contributed by atoms with van der Waals surface area (Å²) in [6.07, 6.45) is 5.92. The van der Waals surface area contributed by atoms with E-state index in [1.807, 2.05) is 0 Å². The van der Waals surface area contributed by atoms with E-state index in [1.54, 1.807) is 0 Å². The molecule has 1 saturated carbocycles. The van der Waals surface area contributed by atoms with Crippen LogP contribution in [-0.2, 0) is 9.84 Å². The van der Waals surface area contributed by atoms with Crippen LogP contribution in [0.3, 0.4) is 0 Å². The van der Waals surface area contributed by atoms with Crippen molar-refractivity contribution in [2.45, 2.75) is 38.6 Å². The van der Waals surface area contributed by atoms with Crippen molar-refractivity contribution in [2.24, 2.45) is 17.6 Å². The second-order valence-electron chi connectivity index (χ2n) is 4.79. The van der Waals surface area contributed by atoms with Crippen LogP contribution in [-0.4, -0.2) is 26.5 Å². The molecule has 0 aliphatic heterocycles. The summed E-state index contributed by atoms with van der Waals surface area (Å²) >= 11 is 0. The van der Waals surface area contributed by atoms with Gasteiger partial charge in [-0.1, -0.05) is 19.8 Å². The topological polar surface area (TPSA) is 60.2 Å². The molecule has 2 N–H and O–H groups in total. The molecule has 1 aliphatic carbocycles. The maximum atomic E-state index is 11.1. The maximum absolute atomic E-state index is 11.1. The second kappa shape index (κ2) is 4.62. The van der Waals surface area contributed by atoms with Crippen molar-refractivity contribution >= 4 is 9.84 Å². The van der Waals surface area contributed by atoms with E-state index in [2.05, 4.69) is 6.92 Å². The van der Waals surface area contributed by atoms with E-state index in [-0.39, 0.29) is 11.8 Å². The van der Waals surface area contributed by atoms with Gasteiger partial charge in [-0.05, 0) is 24.7 Å². The molecular weight excluding hydrogens is 198 g/mol. The molecule has 3 atom stereocenters. The van der Waals surface area contributed by atoms with Crippen molar-refractivity contribution in [2.75, 3.05) is 12.0 Å².